The third-order valence-corrected chi connectivity index (χ3v) is 7.35. The summed E-state index contributed by atoms with van der Waals surface area (Å²) < 4.78 is 27.2. The van der Waals surface area contributed by atoms with Gasteiger partial charge in [-0.1, -0.05) is 73.7 Å². The monoisotopic (exact) mass is 377 g/mol. The lowest BCUT2D eigenvalue weighted by molar-refractivity contribution is 0.0990. The molecule has 1 amide bonds. The summed E-state index contributed by atoms with van der Waals surface area (Å²) in [6, 6.07) is 25.0. The molecule has 0 saturated carbocycles. The van der Waals surface area contributed by atoms with Crippen molar-refractivity contribution in [2.75, 3.05) is 10.7 Å². The molecule has 0 aromatic heterocycles. The van der Waals surface area contributed by atoms with E-state index in [2.05, 4.69) is 0 Å². The summed E-state index contributed by atoms with van der Waals surface area (Å²) in [6.07, 6.45) is 0. The Hall–Kier alpha value is -2.92. The summed E-state index contributed by atoms with van der Waals surface area (Å²) in [4.78, 5) is 13.3. The highest BCUT2D eigenvalue weighted by molar-refractivity contribution is 7.92. The van der Waals surface area contributed by atoms with Crippen molar-refractivity contribution in [1.29, 1.82) is 0 Å². The molecule has 136 valence electrons. The van der Waals surface area contributed by atoms with E-state index in [0.717, 1.165) is 0 Å². The van der Waals surface area contributed by atoms with Gasteiger partial charge in [-0.05, 0) is 23.8 Å². The van der Waals surface area contributed by atoms with E-state index < -0.39 is 14.7 Å². The molecule has 5 heteroatoms. The average Bonchev–Trinajstić information content (AvgIpc) is 3.00. The number of carbonyl (C=O) groups excluding carboxylic acids is 1. The number of anilines is 1. The number of hydrogen-bond donors (Lipinski definition) is 0. The van der Waals surface area contributed by atoms with Gasteiger partial charge in [0.05, 0.1) is 5.75 Å². The normalized spacial score (nSPS) is 19.1. The van der Waals surface area contributed by atoms with Crippen LogP contribution in [-0.2, 0) is 14.7 Å². The van der Waals surface area contributed by atoms with E-state index in [1.165, 1.54) is 4.90 Å². The predicted molar refractivity (Wildman–Crippen MR) is 106 cm³/mol. The van der Waals surface area contributed by atoms with Crippen LogP contribution in [0.15, 0.2) is 84.9 Å². The summed E-state index contributed by atoms with van der Waals surface area (Å²) in [5.41, 5.74) is 2.04. The second-order valence-electron chi connectivity index (χ2n) is 6.44. The molecule has 1 atom stereocenters. The van der Waals surface area contributed by atoms with Gasteiger partial charge < -0.3 is 0 Å². The summed E-state index contributed by atoms with van der Waals surface area (Å²) in [5.74, 6) is -0.398. The molecule has 0 spiro atoms. The van der Waals surface area contributed by atoms with Crippen molar-refractivity contribution in [3.63, 3.8) is 0 Å². The van der Waals surface area contributed by atoms with Crippen LogP contribution in [0.3, 0.4) is 0 Å². The topological polar surface area (TPSA) is 54.5 Å². The first-order valence-corrected chi connectivity index (χ1v) is 10.5. The lowest BCUT2D eigenvalue weighted by Crippen LogP contribution is -2.51. The van der Waals surface area contributed by atoms with E-state index >= 15 is 0 Å². The third kappa shape index (κ3) is 2.35. The van der Waals surface area contributed by atoms with Crippen LogP contribution in [0, 0.1) is 0 Å². The Kier molecular flexibility index (Phi) is 4.12. The van der Waals surface area contributed by atoms with Crippen molar-refractivity contribution < 1.29 is 13.2 Å². The van der Waals surface area contributed by atoms with Crippen LogP contribution in [0.5, 0.6) is 0 Å². The fourth-order valence-corrected chi connectivity index (χ4v) is 5.76. The van der Waals surface area contributed by atoms with Crippen molar-refractivity contribution in [3.8, 4) is 0 Å². The van der Waals surface area contributed by atoms with Crippen molar-refractivity contribution in [3.05, 3.63) is 102 Å². The van der Waals surface area contributed by atoms with E-state index in [1.54, 1.807) is 79.7 Å². The maximum Gasteiger partial charge on any atom is 0.260 e. The molecular formula is C22H19NO3S. The van der Waals surface area contributed by atoms with Crippen LogP contribution < -0.4 is 4.90 Å². The van der Waals surface area contributed by atoms with E-state index in [9.17, 15) is 13.2 Å². The summed E-state index contributed by atoms with van der Waals surface area (Å²) in [6.45, 7) is 1.62. The lowest BCUT2D eigenvalue weighted by atomic mass is 9.97. The number of fused-ring (bicyclic) bond motifs is 1. The molecule has 1 unspecified atom stereocenters. The fourth-order valence-electron chi connectivity index (χ4n) is 3.87. The Labute approximate surface area is 159 Å². The number of hydrogen-bond acceptors (Lipinski definition) is 3. The molecule has 1 heterocycles. The number of amides is 1. The van der Waals surface area contributed by atoms with Crippen molar-refractivity contribution in [2.24, 2.45) is 0 Å². The molecule has 1 aliphatic heterocycles. The smallest absolute Gasteiger partial charge is 0.260 e. The van der Waals surface area contributed by atoms with Gasteiger partial charge in [0.15, 0.2) is 9.84 Å². The summed E-state index contributed by atoms with van der Waals surface area (Å²) >= 11 is 0. The minimum atomic E-state index is -3.75. The highest BCUT2D eigenvalue weighted by Crippen LogP contribution is 2.50. The largest absolute Gasteiger partial charge is 0.280 e. The van der Waals surface area contributed by atoms with Crippen LogP contribution in [0.4, 0.5) is 5.69 Å². The van der Waals surface area contributed by atoms with Gasteiger partial charge in [-0.25, -0.2) is 8.42 Å². The summed E-state index contributed by atoms with van der Waals surface area (Å²) in [7, 11) is -3.75. The molecule has 4 rings (SSSR count). The Morgan fingerprint density at radius 2 is 1.37 bits per heavy atom. The zero-order valence-electron chi connectivity index (χ0n) is 14.9. The number of benzene rings is 3. The minimum absolute atomic E-state index is 0.0904. The van der Waals surface area contributed by atoms with Crippen molar-refractivity contribution in [1.82, 2.24) is 0 Å². The van der Waals surface area contributed by atoms with Crippen molar-refractivity contribution in [2.45, 2.75) is 11.8 Å². The van der Waals surface area contributed by atoms with Crippen LogP contribution in [0.1, 0.15) is 28.4 Å². The van der Waals surface area contributed by atoms with E-state index in [4.69, 9.17) is 0 Å². The molecule has 0 saturated heterocycles. The second-order valence-corrected chi connectivity index (χ2v) is 8.83. The molecule has 1 aliphatic rings. The number of rotatable bonds is 4. The second kappa shape index (κ2) is 6.35. The van der Waals surface area contributed by atoms with Crippen LogP contribution >= 0.6 is 0 Å². The predicted octanol–water partition coefficient (Wildman–Crippen LogP) is 3.98. The molecule has 27 heavy (non-hydrogen) atoms. The van der Waals surface area contributed by atoms with Crippen LogP contribution in [0.2, 0.25) is 0 Å². The van der Waals surface area contributed by atoms with Gasteiger partial charge in [0.2, 0.25) is 4.87 Å². The first-order chi connectivity index (χ1) is 13.0. The highest BCUT2D eigenvalue weighted by Gasteiger charge is 2.59. The van der Waals surface area contributed by atoms with E-state index in [1.807, 2.05) is 12.1 Å². The average molecular weight is 377 g/mol. The first-order valence-electron chi connectivity index (χ1n) is 8.81. The van der Waals surface area contributed by atoms with Crippen LogP contribution in [0.25, 0.3) is 0 Å². The third-order valence-electron chi connectivity index (χ3n) is 5.05. The number of nitrogens with zero attached hydrogens (tertiary/aromatic N) is 1. The Morgan fingerprint density at radius 3 is 2.00 bits per heavy atom. The number of carbonyl (C=O) groups is 1. The van der Waals surface area contributed by atoms with Gasteiger partial charge in [-0.2, -0.15) is 0 Å². The first kappa shape index (κ1) is 17.5. The number of para-hydroxylation sites is 1. The van der Waals surface area contributed by atoms with Crippen LogP contribution in [-0.4, -0.2) is 20.1 Å². The molecule has 4 nitrogen and oxygen atoms in total. The Bertz CT molecular complexity index is 1090. The lowest BCUT2D eigenvalue weighted by Gasteiger charge is -2.38. The van der Waals surface area contributed by atoms with Gasteiger partial charge in [0.25, 0.3) is 5.91 Å². The quantitative estimate of drug-likeness (QED) is 0.691. The van der Waals surface area contributed by atoms with E-state index in [0.29, 0.717) is 22.4 Å². The van der Waals surface area contributed by atoms with Gasteiger partial charge in [0.1, 0.15) is 0 Å². The molecule has 0 aliphatic carbocycles. The summed E-state index contributed by atoms with van der Waals surface area (Å²) in [5, 5.41) is 0. The highest BCUT2D eigenvalue weighted by atomic mass is 32.2. The molecule has 0 fully saturated rings. The standard InChI is InChI=1S/C22H19NO3S/c1-2-27(25,26)22(17-11-5-3-6-12-17)20-16-10-9-15-19(20)21(24)23(22)18-13-7-4-8-14-18/h3-16H,2H2,1H3. The number of sulfone groups is 1. The molecule has 3 aromatic carbocycles. The maximum atomic E-state index is 13.6. The Balaban J connectivity index is 2.17. The zero-order valence-corrected chi connectivity index (χ0v) is 15.7. The van der Waals surface area contributed by atoms with Crippen molar-refractivity contribution >= 4 is 21.4 Å². The molecule has 0 N–H and O–H groups in total. The zero-order chi connectivity index (χ0) is 19.1. The fraction of sp³-hybridized carbons (Fsp3) is 0.136. The Morgan fingerprint density at radius 1 is 0.815 bits per heavy atom. The maximum absolute atomic E-state index is 13.6. The van der Waals surface area contributed by atoms with Gasteiger partial charge in [-0.3, -0.25) is 9.69 Å². The van der Waals surface area contributed by atoms with Gasteiger partial charge >= 0.3 is 0 Å². The SMILES string of the molecule is CCS(=O)(=O)C1(c2ccccc2)c2ccccc2C(=O)N1c1ccccc1. The molecular weight excluding hydrogens is 358 g/mol. The molecule has 3 aromatic rings. The van der Waals surface area contributed by atoms with E-state index in [-0.39, 0.29) is 11.7 Å². The van der Waals surface area contributed by atoms with Gasteiger partial charge in [0, 0.05) is 16.8 Å². The minimum Gasteiger partial charge on any atom is -0.280 e. The van der Waals surface area contributed by atoms with Gasteiger partial charge in [-0.15, -0.1) is 0 Å². The molecule has 0 radical (unpaired) electrons. The molecule has 0 bridgehead atoms.